The standard InChI is InChI=1S/C10H19N3O4/c1-5(2)3-6(11)10(17)13-7(9(12)16)4-8(14)15/h5-7H,3-4,11H2,1-2H3,(H2,12,16)(H,13,17)(H,14,15)/t6-,7-/m0/s1. The Morgan fingerprint density at radius 1 is 1.29 bits per heavy atom. The summed E-state index contributed by atoms with van der Waals surface area (Å²) < 4.78 is 0. The maximum absolute atomic E-state index is 11.5. The molecule has 98 valence electrons. The van der Waals surface area contributed by atoms with Crippen molar-refractivity contribution in [1.82, 2.24) is 5.32 Å². The second-order valence-corrected chi connectivity index (χ2v) is 4.30. The molecule has 7 nitrogen and oxygen atoms in total. The van der Waals surface area contributed by atoms with E-state index in [1.54, 1.807) is 0 Å². The summed E-state index contributed by atoms with van der Waals surface area (Å²) in [7, 11) is 0. The van der Waals surface area contributed by atoms with Gasteiger partial charge >= 0.3 is 5.97 Å². The Balaban J connectivity index is 4.39. The van der Waals surface area contributed by atoms with Crippen molar-refractivity contribution in [2.75, 3.05) is 0 Å². The Morgan fingerprint density at radius 2 is 1.82 bits per heavy atom. The average molecular weight is 245 g/mol. The molecule has 2 atom stereocenters. The van der Waals surface area contributed by atoms with Crippen LogP contribution in [-0.2, 0) is 14.4 Å². The minimum absolute atomic E-state index is 0.224. The monoisotopic (exact) mass is 245 g/mol. The molecule has 0 radical (unpaired) electrons. The summed E-state index contributed by atoms with van der Waals surface area (Å²) in [4.78, 5) is 32.9. The third-order valence-electron chi connectivity index (χ3n) is 2.10. The van der Waals surface area contributed by atoms with Gasteiger partial charge in [-0.1, -0.05) is 13.8 Å². The van der Waals surface area contributed by atoms with E-state index in [0.29, 0.717) is 6.42 Å². The molecule has 0 spiro atoms. The summed E-state index contributed by atoms with van der Waals surface area (Å²) in [5.41, 5.74) is 10.6. The molecular weight excluding hydrogens is 226 g/mol. The van der Waals surface area contributed by atoms with Crippen LogP contribution in [0.1, 0.15) is 26.7 Å². The van der Waals surface area contributed by atoms with Crippen molar-refractivity contribution in [2.24, 2.45) is 17.4 Å². The number of rotatable bonds is 7. The smallest absolute Gasteiger partial charge is 0.305 e. The average Bonchev–Trinajstić information content (AvgIpc) is 2.14. The maximum atomic E-state index is 11.5. The fourth-order valence-corrected chi connectivity index (χ4v) is 1.29. The van der Waals surface area contributed by atoms with Crippen molar-refractivity contribution in [3.63, 3.8) is 0 Å². The molecule has 0 aromatic rings. The number of nitrogens with two attached hydrogens (primary N) is 2. The first-order valence-corrected chi connectivity index (χ1v) is 5.31. The normalized spacial score (nSPS) is 14.1. The van der Waals surface area contributed by atoms with Crippen LogP contribution < -0.4 is 16.8 Å². The summed E-state index contributed by atoms with van der Waals surface area (Å²) >= 11 is 0. The van der Waals surface area contributed by atoms with Gasteiger partial charge in [-0.25, -0.2) is 0 Å². The Kier molecular flexibility index (Phi) is 6.19. The maximum Gasteiger partial charge on any atom is 0.305 e. The number of carbonyl (C=O) groups is 3. The van der Waals surface area contributed by atoms with Crippen molar-refractivity contribution in [3.8, 4) is 0 Å². The quantitative estimate of drug-likeness (QED) is 0.447. The zero-order valence-corrected chi connectivity index (χ0v) is 9.97. The van der Waals surface area contributed by atoms with Crippen LogP contribution in [0, 0.1) is 5.92 Å². The summed E-state index contributed by atoms with van der Waals surface area (Å²) in [5.74, 6) is -2.45. The largest absolute Gasteiger partial charge is 0.481 e. The molecule has 0 bridgehead atoms. The molecule has 0 aromatic carbocycles. The van der Waals surface area contributed by atoms with Gasteiger partial charge in [0.05, 0.1) is 12.5 Å². The van der Waals surface area contributed by atoms with Crippen molar-refractivity contribution < 1.29 is 19.5 Å². The van der Waals surface area contributed by atoms with Crippen LogP contribution in [0.25, 0.3) is 0 Å². The lowest BCUT2D eigenvalue weighted by Crippen LogP contribution is -2.51. The molecule has 7 heteroatoms. The summed E-state index contributed by atoms with van der Waals surface area (Å²) in [5, 5.41) is 10.8. The highest BCUT2D eigenvalue weighted by Gasteiger charge is 2.24. The summed E-state index contributed by atoms with van der Waals surface area (Å²) in [6.45, 7) is 3.80. The van der Waals surface area contributed by atoms with E-state index in [-0.39, 0.29) is 5.92 Å². The van der Waals surface area contributed by atoms with Gasteiger partial charge in [0, 0.05) is 0 Å². The Hall–Kier alpha value is -1.63. The van der Waals surface area contributed by atoms with E-state index in [4.69, 9.17) is 16.6 Å². The first-order valence-electron chi connectivity index (χ1n) is 5.31. The van der Waals surface area contributed by atoms with Crippen molar-refractivity contribution >= 4 is 17.8 Å². The fraction of sp³-hybridized carbons (Fsp3) is 0.700. The van der Waals surface area contributed by atoms with Gasteiger partial charge < -0.3 is 21.9 Å². The van der Waals surface area contributed by atoms with E-state index in [9.17, 15) is 14.4 Å². The third-order valence-corrected chi connectivity index (χ3v) is 2.10. The number of carbonyl (C=O) groups excluding carboxylic acids is 2. The second-order valence-electron chi connectivity index (χ2n) is 4.30. The zero-order valence-electron chi connectivity index (χ0n) is 9.97. The molecule has 0 aliphatic heterocycles. The van der Waals surface area contributed by atoms with Gasteiger partial charge in [0.1, 0.15) is 6.04 Å². The fourth-order valence-electron chi connectivity index (χ4n) is 1.29. The number of carboxylic acid groups (broad SMARTS) is 1. The van der Waals surface area contributed by atoms with Gasteiger partial charge in [-0.2, -0.15) is 0 Å². The molecule has 17 heavy (non-hydrogen) atoms. The lowest BCUT2D eigenvalue weighted by atomic mass is 10.0. The highest BCUT2D eigenvalue weighted by molar-refractivity contribution is 5.91. The van der Waals surface area contributed by atoms with Crippen LogP contribution in [0.2, 0.25) is 0 Å². The molecule has 0 rings (SSSR count). The van der Waals surface area contributed by atoms with Gasteiger partial charge in [-0.15, -0.1) is 0 Å². The second kappa shape index (κ2) is 6.85. The van der Waals surface area contributed by atoms with Gasteiger partial charge in [-0.05, 0) is 12.3 Å². The topological polar surface area (TPSA) is 136 Å². The minimum Gasteiger partial charge on any atom is -0.481 e. The first kappa shape index (κ1) is 15.4. The number of primary amides is 1. The summed E-state index contributed by atoms with van der Waals surface area (Å²) in [6.07, 6.45) is -0.0974. The Morgan fingerprint density at radius 3 is 2.18 bits per heavy atom. The Labute approximate surface area is 99.5 Å². The molecule has 0 aliphatic carbocycles. The molecular formula is C10H19N3O4. The number of nitrogens with one attached hydrogen (secondary N) is 1. The van der Waals surface area contributed by atoms with Crippen LogP contribution in [0.5, 0.6) is 0 Å². The highest BCUT2D eigenvalue weighted by atomic mass is 16.4. The van der Waals surface area contributed by atoms with Crippen LogP contribution in [0.15, 0.2) is 0 Å². The number of hydrogen-bond donors (Lipinski definition) is 4. The lowest BCUT2D eigenvalue weighted by Gasteiger charge is -2.18. The Bertz CT molecular complexity index is 304. The molecule has 0 unspecified atom stereocenters. The third kappa shape index (κ3) is 6.52. The van der Waals surface area contributed by atoms with E-state index in [1.165, 1.54) is 0 Å². The number of amides is 2. The molecule has 0 saturated heterocycles. The van der Waals surface area contributed by atoms with Crippen molar-refractivity contribution in [2.45, 2.75) is 38.8 Å². The summed E-state index contributed by atoms with van der Waals surface area (Å²) in [6, 6.07) is -2.00. The van der Waals surface area contributed by atoms with Gasteiger partial charge in [0.15, 0.2) is 0 Å². The molecule has 0 aliphatic rings. The van der Waals surface area contributed by atoms with Crippen LogP contribution in [0.3, 0.4) is 0 Å². The number of carboxylic acids is 1. The minimum atomic E-state index is -1.22. The molecule has 2 amide bonds. The molecule has 0 saturated carbocycles. The molecule has 6 N–H and O–H groups in total. The van der Waals surface area contributed by atoms with E-state index in [0.717, 1.165) is 0 Å². The van der Waals surface area contributed by atoms with Crippen molar-refractivity contribution in [1.29, 1.82) is 0 Å². The predicted molar refractivity (Wildman–Crippen MR) is 60.8 cm³/mol. The zero-order chi connectivity index (χ0) is 13.6. The van der Waals surface area contributed by atoms with E-state index < -0.39 is 36.3 Å². The van der Waals surface area contributed by atoms with Crippen LogP contribution in [-0.4, -0.2) is 35.0 Å². The van der Waals surface area contributed by atoms with E-state index >= 15 is 0 Å². The number of aliphatic carboxylic acids is 1. The van der Waals surface area contributed by atoms with Crippen molar-refractivity contribution in [3.05, 3.63) is 0 Å². The number of hydrogen-bond acceptors (Lipinski definition) is 4. The first-order chi connectivity index (χ1) is 7.73. The van der Waals surface area contributed by atoms with E-state index in [2.05, 4.69) is 5.32 Å². The van der Waals surface area contributed by atoms with Gasteiger partial charge in [-0.3, -0.25) is 14.4 Å². The van der Waals surface area contributed by atoms with E-state index in [1.807, 2.05) is 13.8 Å². The molecule has 0 heterocycles. The van der Waals surface area contributed by atoms with Crippen LogP contribution >= 0.6 is 0 Å². The SMILES string of the molecule is CC(C)C[C@H](N)C(=O)N[C@@H](CC(=O)O)C(N)=O. The molecule has 0 aromatic heterocycles. The van der Waals surface area contributed by atoms with Crippen LogP contribution in [0.4, 0.5) is 0 Å². The lowest BCUT2D eigenvalue weighted by molar-refractivity contribution is -0.140. The predicted octanol–water partition coefficient (Wildman–Crippen LogP) is -1.20. The molecule has 0 fully saturated rings. The highest BCUT2D eigenvalue weighted by Crippen LogP contribution is 2.03. The van der Waals surface area contributed by atoms with Gasteiger partial charge in [0.2, 0.25) is 11.8 Å². The van der Waals surface area contributed by atoms with Gasteiger partial charge in [0.25, 0.3) is 0 Å².